The second-order valence-corrected chi connectivity index (χ2v) is 12.3. The monoisotopic (exact) mass is 552 g/mol. The summed E-state index contributed by atoms with van der Waals surface area (Å²) >= 11 is 3.11. The molecule has 1 amide bonds. The molecule has 1 aliphatic carbocycles. The van der Waals surface area contributed by atoms with Gasteiger partial charge < -0.3 is 10.2 Å². The predicted molar refractivity (Wildman–Crippen MR) is 155 cm³/mol. The van der Waals surface area contributed by atoms with E-state index in [4.69, 9.17) is 15.0 Å². The molecule has 202 valence electrons. The molecule has 3 heterocycles. The molecule has 5 rings (SSSR count). The summed E-state index contributed by atoms with van der Waals surface area (Å²) in [5, 5.41) is 7.72. The van der Waals surface area contributed by atoms with Crippen molar-refractivity contribution >= 4 is 51.7 Å². The number of piperazine rings is 1. The van der Waals surface area contributed by atoms with Crippen LogP contribution in [0.25, 0.3) is 0 Å². The molecule has 3 aromatic rings. The Morgan fingerprint density at radius 1 is 1.11 bits per heavy atom. The first kappa shape index (κ1) is 26.8. The third-order valence-corrected chi connectivity index (χ3v) is 8.76. The Morgan fingerprint density at radius 2 is 1.87 bits per heavy atom. The van der Waals surface area contributed by atoms with Crippen molar-refractivity contribution in [1.82, 2.24) is 24.8 Å². The number of hydrogen-bond donors (Lipinski definition) is 2. The van der Waals surface area contributed by atoms with Crippen LogP contribution in [0.3, 0.4) is 0 Å². The number of nitrogens with zero attached hydrogens (tertiary/aromatic N) is 6. The zero-order chi connectivity index (χ0) is 26.5. The number of unbranched alkanes of at least 4 members (excludes halogenated alkanes) is 1. The molecule has 2 aromatic heterocycles. The van der Waals surface area contributed by atoms with E-state index < -0.39 is 0 Å². The number of carbonyl (C=O) groups excluding carboxylic acids is 1. The van der Waals surface area contributed by atoms with E-state index in [2.05, 4.69) is 46.2 Å². The van der Waals surface area contributed by atoms with E-state index in [1.807, 2.05) is 30.5 Å². The van der Waals surface area contributed by atoms with Crippen molar-refractivity contribution in [3.63, 3.8) is 0 Å². The van der Waals surface area contributed by atoms with Crippen LogP contribution in [-0.2, 0) is 4.79 Å². The lowest BCUT2D eigenvalue weighted by Gasteiger charge is -2.34. The summed E-state index contributed by atoms with van der Waals surface area (Å²) in [5.41, 5.74) is 0.815. The fourth-order valence-corrected chi connectivity index (χ4v) is 5.71. The molecule has 9 nitrogen and oxygen atoms in total. The Balaban J connectivity index is 1.32. The molecular weight excluding hydrogens is 516 g/mol. The molecule has 0 radical (unpaired) electrons. The van der Waals surface area contributed by atoms with Gasteiger partial charge in [-0.3, -0.25) is 15.0 Å². The van der Waals surface area contributed by atoms with Gasteiger partial charge in [-0.05, 0) is 67.8 Å². The summed E-state index contributed by atoms with van der Waals surface area (Å²) in [6.07, 6.45) is 6.34. The Morgan fingerprint density at radius 3 is 2.53 bits per heavy atom. The van der Waals surface area contributed by atoms with E-state index in [-0.39, 0.29) is 11.8 Å². The number of anilines is 4. The molecule has 1 saturated heterocycles. The SMILES string of the molecule is CCCCN1CCN(c2nc(Nc3ncc(C(C)C)s3)nc(Sc3ccc(NC(=O)C4CC4)cc3)n2)CC1. The quantitative estimate of drug-likeness (QED) is 0.314. The van der Waals surface area contributed by atoms with Gasteiger partial charge in [0.1, 0.15) is 0 Å². The number of thiazole rings is 1. The van der Waals surface area contributed by atoms with E-state index in [1.165, 1.54) is 29.5 Å². The van der Waals surface area contributed by atoms with Crippen LogP contribution in [0.5, 0.6) is 0 Å². The number of hydrogen-bond acceptors (Lipinski definition) is 10. The molecule has 2 N–H and O–H groups in total. The van der Waals surface area contributed by atoms with Crippen LogP contribution >= 0.6 is 23.1 Å². The molecule has 0 bridgehead atoms. The van der Waals surface area contributed by atoms with Crippen molar-refractivity contribution in [3.05, 3.63) is 35.3 Å². The maximum atomic E-state index is 12.1. The third kappa shape index (κ3) is 7.21. The third-order valence-electron chi connectivity index (χ3n) is 6.68. The smallest absolute Gasteiger partial charge is 0.234 e. The van der Waals surface area contributed by atoms with Gasteiger partial charge in [-0.2, -0.15) is 15.0 Å². The fraction of sp³-hybridized carbons (Fsp3) is 0.519. The van der Waals surface area contributed by atoms with Crippen LogP contribution < -0.4 is 15.5 Å². The minimum absolute atomic E-state index is 0.112. The molecule has 0 atom stereocenters. The molecule has 0 unspecified atom stereocenters. The maximum absolute atomic E-state index is 12.1. The minimum atomic E-state index is 0.112. The van der Waals surface area contributed by atoms with E-state index in [1.54, 1.807) is 11.3 Å². The van der Waals surface area contributed by atoms with Gasteiger partial charge in [0.05, 0.1) is 0 Å². The summed E-state index contributed by atoms with van der Waals surface area (Å²) in [7, 11) is 0. The van der Waals surface area contributed by atoms with Crippen LogP contribution in [0, 0.1) is 5.92 Å². The first-order chi connectivity index (χ1) is 18.5. The van der Waals surface area contributed by atoms with E-state index in [0.29, 0.717) is 23.0 Å². The highest BCUT2D eigenvalue weighted by atomic mass is 32.2. The average Bonchev–Trinajstić information content (AvgIpc) is 3.67. The standard InChI is InChI=1S/C27H36N8OS2/c1-4-5-12-34-13-15-35(16-14-34)25-30-24(31-26-28-17-22(38-26)18(2)3)32-27(33-25)37-21-10-8-20(9-11-21)29-23(36)19-6-7-19/h8-11,17-19H,4-7,12-16H2,1-3H3,(H,29,36)(H,28,30,31,32,33). The Kier molecular flexibility index (Phi) is 8.75. The lowest BCUT2D eigenvalue weighted by Crippen LogP contribution is -2.47. The number of aromatic nitrogens is 4. The van der Waals surface area contributed by atoms with Gasteiger partial charge in [-0.15, -0.1) is 11.3 Å². The van der Waals surface area contributed by atoms with Gasteiger partial charge in [-0.1, -0.05) is 27.2 Å². The lowest BCUT2D eigenvalue weighted by molar-refractivity contribution is -0.117. The Bertz CT molecular complexity index is 1220. The van der Waals surface area contributed by atoms with Gasteiger partial charge in [0.25, 0.3) is 0 Å². The van der Waals surface area contributed by atoms with Gasteiger partial charge >= 0.3 is 0 Å². The van der Waals surface area contributed by atoms with Crippen LogP contribution in [0.2, 0.25) is 0 Å². The van der Waals surface area contributed by atoms with Crippen molar-refractivity contribution in [2.24, 2.45) is 5.92 Å². The highest BCUT2D eigenvalue weighted by Gasteiger charge is 2.29. The molecule has 2 fully saturated rings. The summed E-state index contributed by atoms with van der Waals surface area (Å²) in [6, 6.07) is 7.85. The Hall–Kier alpha value is -2.76. The fourth-order valence-electron chi connectivity index (χ4n) is 4.15. The summed E-state index contributed by atoms with van der Waals surface area (Å²) in [6.45, 7) is 11.5. The maximum Gasteiger partial charge on any atom is 0.234 e. The van der Waals surface area contributed by atoms with Crippen molar-refractivity contribution < 1.29 is 4.79 Å². The van der Waals surface area contributed by atoms with Gasteiger partial charge in [-0.25, -0.2) is 4.98 Å². The van der Waals surface area contributed by atoms with Crippen LogP contribution in [0.4, 0.5) is 22.7 Å². The number of rotatable bonds is 11. The molecule has 2 aliphatic rings. The van der Waals surface area contributed by atoms with Gasteiger partial charge in [0.2, 0.25) is 17.8 Å². The second kappa shape index (κ2) is 12.4. The van der Waals surface area contributed by atoms with E-state index in [0.717, 1.165) is 61.3 Å². The highest BCUT2D eigenvalue weighted by molar-refractivity contribution is 7.99. The lowest BCUT2D eigenvalue weighted by atomic mass is 10.2. The normalized spacial score (nSPS) is 16.2. The topological polar surface area (TPSA) is 99.2 Å². The number of carbonyl (C=O) groups is 1. The average molecular weight is 553 g/mol. The van der Waals surface area contributed by atoms with Crippen LogP contribution in [0.1, 0.15) is 57.2 Å². The zero-order valence-electron chi connectivity index (χ0n) is 22.3. The van der Waals surface area contributed by atoms with Gasteiger partial charge in [0.15, 0.2) is 10.3 Å². The number of nitrogens with one attached hydrogen (secondary N) is 2. The molecule has 1 aromatic carbocycles. The summed E-state index contributed by atoms with van der Waals surface area (Å²) in [5.74, 6) is 1.91. The van der Waals surface area contributed by atoms with E-state index >= 15 is 0 Å². The summed E-state index contributed by atoms with van der Waals surface area (Å²) in [4.78, 5) is 37.9. The highest BCUT2D eigenvalue weighted by Crippen LogP contribution is 2.32. The molecule has 38 heavy (non-hydrogen) atoms. The first-order valence-corrected chi connectivity index (χ1v) is 15.1. The minimum Gasteiger partial charge on any atom is -0.338 e. The van der Waals surface area contributed by atoms with Crippen molar-refractivity contribution in [2.75, 3.05) is 48.3 Å². The summed E-state index contributed by atoms with van der Waals surface area (Å²) < 4.78 is 0. The zero-order valence-corrected chi connectivity index (χ0v) is 23.9. The molecule has 0 spiro atoms. The Labute approximate surface area is 232 Å². The van der Waals surface area contributed by atoms with Gasteiger partial charge in [0, 0.05) is 53.8 Å². The van der Waals surface area contributed by atoms with Crippen molar-refractivity contribution in [2.45, 2.75) is 62.4 Å². The predicted octanol–water partition coefficient (Wildman–Crippen LogP) is 5.62. The largest absolute Gasteiger partial charge is 0.338 e. The van der Waals surface area contributed by atoms with Crippen molar-refractivity contribution in [1.29, 1.82) is 0 Å². The van der Waals surface area contributed by atoms with Crippen LogP contribution in [0.15, 0.2) is 40.5 Å². The first-order valence-electron chi connectivity index (χ1n) is 13.5. The molecule has 11 heteroatoms. The molecule has 1 saturated carbocycles. The molecular formula is C27H36N8OS2. The van der Waals surface area contributed by atoms with E-state index in [9.17, 15) is 4.79 Å². The number of amides is 1. The molecule has 1 aliphatic heterocycles. The van der Waals surface area contributed by atoms with Crippen LogP contribution in [-0.4, -0.2) is 63.5 Å². The number of benzene rings is 1. The second-order valence-electron chi connectivity index (χ2n) is 10.2. The van der Waals surface area contributed by atoms with Crippen molar-refractivity contribution in [3.8, 4) is 0 Å².